The molecule has 0 fully saturated rings. The summed E-state index contributed by atoms with van der Waals surface area (Å²) in [6, 6.07) is 8.89. The Hall–Kier alpha value is -3.11. The summed E-state index contributed by atoms with van der Waals surface area (Å²) in [5, 5.41) is 4.27. The first-order valence-corrected chi connectivity index (χ1v) is 10.1. The third-order valence-electron chi connectivity index (χ3n) is 4.32. The van der Waals surface area contributed by atoms with Crippen molar-refractivity contribution in [2.75, 3.05) is 13.4 Å². The molecule has 0 radical (unpaired) electrons. The molecular weight excluding hydrogens is 387 g/mol. The van der Waals surface area contributed by atoms with Crippen molar-refractivity contribution >= 4 is 26.6 Å². The first-order chi connectivity index (χ1) is 13.3. The Morgan fingerprint density at radius 3 is 2.75 bits per heavy atom. The van der Waals surface area contributed by atoms with Crippen molar-refractivity contribution in [3.8, 4) is 5.69 Å². The number of hydrogen-bond donors (Lipinski definition) is 1. The minimum absolute atomic E-state index is 0.0688. The average Bonchev–Trinajstić information content (AvgIpc) is 2.93. The van der Waals surface area contributed by atoms with Crippen LogP contribution >= 0.6 is 0 Å². The van der Waals surface area contributed by atoms with Gasteiger partial charge in [-0.05, 0) is 35.9 Å². The summed E-state index contributed by atoms with van der Waals surface area (Å²) < 4.78 is 40.1. The molecule has 8 nitrogen and oxygen atoms in total. The molecule has 0 aliphatic carbocycles. The van der Waals surface area contributed by atoms with Crippen LogP contribution in [0.5, 0.6) is 0 Å². The van der Waals surface area contributed by atoms with Crippen molar-refractivity contribution < 1.29 is 17.6 Å². The van der Waals surface area contributed by atoms with Crippen LogP contribution in [0.3, 0.4) is 0 Å². The van der Waals surface area contributed by atoms with E-state index in [0.717, 1.165) is 6.26 Å². The van der Waals surface area contributed by atoms with Crippen molar-refractivity contribution in [3.05, 3.63) is 69.5 Å². The average molecular weight is 402 g/mol. The van der Waals surface area contributed by atoms with Crippen LogP contribution in [-0.2, 0) is 21.4 Å². The summed E-state index contributed by atoms with van der Waals surface area (Å²) in [5.74, 6) is -0.240. The van der Waals surface area contributed by atoms with E-state index in [9.17, 15) is 17.6 Å². The van der Waals surface area contributed by atoms with Crippen LogP contribution in [0.4, 0.5) is 4.39 Å². The first kappa shape index (κ1) is 18.3. The lowest BCUT2D eigenvalue weighted by molar-refractivity contribution is 0.214. The van der Waals surface area contributed by atoms with Gasteiger partial charge >= 0.3 is 0 Å². The predicted molar refractivity (Wildman–Crippen MR) is 102 cm³/mol. The van der Waals surface area contributed by atoms with Crippen LogP contribution in [0.2, 0.25) is 0 Å². The highest BCUT2D eigenvalue weighted by atomic mass is 32.2. The fourth-order valence-electron chi connectivity index (χ4n) is 3.13. The zero-order valence-electron chi connectivity index (χ0n) is 14.9. The molecule has 0 saturated carbocycles. The van der Waals surface area contributed by atoms with Gasteiger partial charge in [0.15, 0.2) is 11.5 Å². The number of rotatable bonds is 4. The van der Waals surface area contributed by atoms with Crippen LogP contribution in [0.1, 0.15) is 17.0 Å². The number of fused-ring (bicyclic) bond motifs is 4. The van der Waals surface area contributed by atoms with Crippen LogP contribution in [0.25, 0.3) is 16.6 Å². The molecule has 3 aromatic rings. The van der Waals surface area contributed by atoms with E-state index in [4.69, 9.17) is 4.84 Å². The Labute approximate surface area is 159 Å². The van der Waals surface area contributed by atoms with Crippen LogP contribution < -0.4 is 10.3 Å². The second-order valence-corrected chi connectivity index (χ2v) is 8.14. The summed E-state index contributed by atoms with van der Waals surface area (Å²) in [5.41, 5.74) is 1.80. The molecule has 0 atom stereocenters. The van der Waals surface area contributed by atoms with Gasteiger partial charge in [-0.15, -0.1) is 0 Å². The first-order valence-electron chi connectivity index (χ1n) is 8.20. The number of halogens is 1. The predicted octanol–water partition coefficient (Wildman–Crippen LogP) is 1.29. The minimum atomic E-state index is -3.36. The second kappa shape index (κ2) is 6.50. The molecular formula is C18H15FN4O4S. The molecule has 0 unspecified atom stereocenters. The van der Waals surface area contributed by atoms with E-state index in [1.54, 1.807) is 18.2 Å². The molecule has 1 aromatic heterocycles. The smallest absolute Gasteiger partial charge is 0.266 e. The molecule has 144 valence electrons. The minimum Gasteiger partial charge on any atom is -0.399 e. The quantitative estimate of drug-likeness (QED) is 0.518. The monoisotopic (exact) mass is 402 g/mol. The van der Waals surface area contributed by atoms with Gasteiger partial charge in [-0.1, -0.05) is 11.2 Å². The van der Waals surface area contributed by atoms with E-state index in [-0.39, 0.29) is 23.6 Å². The molecule has 1 aliphatic heterocycles. The van der Waals surface area contributed by atoms with Crippen LogP contribution in [0, 0.1) is 5.82 Å². The van der Waals surface area contributed by atoms with Gasteiger partial charge in [0.2, 0.25) is 10.0 Å². The van der Waals surface area contributed by atoms with E-state index in [1.165, 1.54) is 29.9 Å². The molecule has 10 heteroatoms. The zero-order chi connectivity index (χ0) is 20.1. The van der Waals surface area contributed by atoms with Crippen molar-refractivity contribution in [2.45, 2.75) is 6.54 Å². The number of sulfonamides is 1. The third-order valence-corrected chi connectivity index (χ3v) is 4.99. The third kappa shape index (κ3) is 3.06. The maximum Gasteiger partial charge on any atom is 0.266 e. The Morgan fingerprint density at radius 1 is 1.25 bits per heavy atom. The van der Waals surface area contributed by atoms with Crippen molar-refractivity contribution in [2.24, 2.45) is 5.16 Å². The van der Waals surface area contributed by atoms with E-state index in [0.29, 0.717) is 27.7 Å². The van der Waals surface area contributed by atoms with Gasteiger partial charge in [0, 0.05) is 12.1 Å². The lowest BCUT2D eigenvalue weighted by Gasteiger charge is -2.08. The number of nitrogens with zero attached hydrogens (tertiary/aromatic N) is 3. The van der Waals surface area contributed by atoms with E-state index in [2.05, 4.69) is 14.9 Å². The molecule has 4 rings (SSSR count). The SMILES string of the molecule is CO/N=C1\c2cc(F)ccc2-n2c1nc1cc(CNS(C)(=O)=O)ccc1c2=O. The van der Waals surface area contributed by atoms with Gasteiger partial charge in [-0.2, -0.15) is 0 Å². The normalized spacial score (nSPS) is 14.3. The highest BCUT2D eigenvalue weighted by Gasteiger charge is 2.30. The summed E-state index contributed by atoms with van der Waals surface area (Å²) in [4.78, 5) is 22.5. The summed E-state index contributed by atoms with van der Waals surface area (Å²) in [6.07, 6.45) is 1.06. The molecule has 2 heterocycles. The van der Waals surface area contributed by atoms with Crippen molar-refractivity contribution in [3.63, 3.8) is 0 Å². The Balaban J connectivity index is 1.93. The van der Waals surface area contributed by atoms with Crippen LogP contribution in [0.15, 0.2) is 46.3 Å². The summed E-state index contributed by atoms with van der Waals surface area (Å²) in [7, 11) is -2.01. The molecule has 0 spiro atoms. The van der Waals surface area contributed by atoms with E-state index in [1.807, 2.05) is 0 Å². The zero-order valence-corrected chi connectivity index (χ0v) is 15.7. The molecule has 0 saturated heterocycles. The van der Waals surface area contributed by atoms with Gasteiger partial charge in [0.1, 0.15) is 12.9 Å². The fourth-order valence-corrected chi connectivity index (χ4v) is 3.56. The number of oxime groups is 1. The highest BCUT2D eigenvalue weighted by molar-refractivity contribution is 7.88. The Morgan fingerprint density at radius 2 is 2.04 bits per heavy atom. The molecule has 0 bridgehead atoms. The van der Waals surface area contributed by atoms with Gasteiger partial charge < -0.3 is 4.84 Å². The molecule has 2 aromatic carbocycles. The fraction of sp³-hybridized carbons (Fsp3) is 0.167. The number of hydrogen-bond acceptors (Lipinski definition) is 6. The number of benzene rings is 2. The Bertz CT molecular complexity index is 1320. The largest absolute Gasteiger partial charge is 0.399 e. The lowest BCUT2D eigenvalue weighted by Crippen LogP contribution is -2.23. The van der Waals surface area contributed by atoms with Crippen molar-refractivity contribution in [1.29, 1.82) is 0 Å². The highest BCUT2D eigenvalue weighted by Crippen LogP contribution is 2.28. The van der Waals surface area contributed by atoms with E-state index < -0.39 is 15.8 Å². The molecule has 1 N–H and O–H groups in total. The molecule has 0 amide bonds. The standard InChI is InChI=1S/C18H15FN4O4S/c1-27-22-16-13-8-11(19)4-6-15(13)23-17(16)21-14-7-10(9-20-28(2,25)26)3-5-12(14)18(23)24/h3-8,20H,9H2,1-2H3/b22-16+. The summed E-state index contributed by atoms with van der Waals surface area (Å²) in [6.45, 7) is 0.0688. The Kier molecular flexibility index (Phi) is 4.24. The maximum absolute atomic E-state index is 13.8. The second-order valence-electron chi connectivity index (χ2n) is 6.30. The van der Waals surface area contributed by atoms with Gasteiger partial charge in [-0.3, -0.25) is 9.36 Å². The number of aromatic nitrogens is 2. The molecule has 1 aliphatic rings. The van der Waals surface area contributed by atoms with Gasteiger partial charge in [-0.25, -0.2) is 22.5 Å². The van der Waals surface area contributed by atoms with Gasteiger partial charge in [0.25, 0.3) is 5.56 Å². The number of nitrogens with one attached hydrogen (secondary N) is 1. The summed E-state index contributed by atoms with van der Waals surface area (Å²) >= 11 is 0. The maximum atomic E-state index is 13.8. The van der Waals surface area contributed by atoms with Crippen LogP contribution in [-0.4, -0.2) is 37.0 Å². The van der Waals surface area contributed by atoms with Crippen molar-refractivity contribution in [1.82, 2.24) is 14.3 Å². The topological polar surface area (TPSA) is 103 Å². The molecule has 28 heavy (non-hydrogen) atoms. The van der Waals surface area contributed by atoms with Gasteiger partial charge in [0.05, 0.1) is 22.8 Å². The lowest BCUT2D eigenvalue weighted by atomic mass is 10.1. The van der Waals surface area contributed by atoms with E-state index >= 15 is 0 Å².